The highest BCUT2D eigenvalue weighted by atomic mass is 16.6. The van der Waals surface area contributed by atoms with Crippen LogP contribution in [0.25, 0.3) is 0 Å². The van der Waals surface area contributed by atoms with Crippen LogP contribution in [-0.4, -0.2) is 12.2 Å². The van der Waals surface area contributed by atoms with Crippen molar-refractivity contribution in [1.82, 2.24) is 0 Å². The van der Waals surface area contributed by atoms with Crippen LogP contribution in [-0.2, 0) is 17.3 Å². The Hall–Kier alpha value is -4.58. The van der Waals surface area contributed by atoms with Gasteiger partial charge >= 0.3 is 12.2 Å². The molecule has 0 bridgehead atoms. The monoisotopic (exact) mass is 578 g/mol. The van der Waals surface area contributed by atoms with Crippen LogP contribution >= 0.6 is 0 Å². The van der Waals surface area contributed by atoms with Gasteiger partial charge in [0.15, 0.2) is 0 Å². The van der Waals surface area contributed by atoms with Crippen molar-refractivity contribution in [3.63, 3.8) is 0 Å². The van der Waals surface area contributed by atoms with Gasteiger partial charge in [0, 0.05) is 17.8 Å². The number of benzene rings is 4. The molecule has 0 atom stereocenters. The second-order valence-corrected chi connectivity index (χ2v) is 12.0. The molecule has 6 nitrogen and oxygen atoms in total. The molecule has 0 radical (unpaired) electrons. The lowest BCUT2D eigenvalue weighted by Crippen LogP contribution is -2.19. The number of para-hydroxylation sites is 2. The van der Waals surface area contributed by atoms with Crippen LogP contribution in [0.15, 0.2) is 97.1 Å². The number of anilines is 2. The number of hydrogen-bond acceptors (Lipinski definition) is 4. The summed E-state index contributed by atoms with van der Waals surface area (Å²) in [6, 6.07) is 30.3. The normalized spacial score (nSPS) is 11.5. The fourth-order valence-corrected chi connectivity index (χ4v) is 4.64. The molecular weight excluding hydrogens is 536 g/mol. The Labute approximate surface area is 255 Å². The first kappa shape index (κ1) is 31.4. The third kappa shape index (κ3) is 8.25. The van der Waals surface area contributed by atoms with Gasteiger partial charge in [-0.15, -0.1) is 0 Å². The Kier molecular flexibility index (Phi) is 9.92. The van der Waals surface area contributed by atoms with Crippen LogP contribution < -0.4 is 20.1 Å². The maximum atomic E-state index is 12.8. The largest absolute Gasteiger partial charge is 0.417 e. The third-order valence-electron chi connectivity index (χ3n) is 8.35. The molecule has 0 aliphatic rings. The molecule has 6 heteroatoms. The number of nitrogens with one attached hydrogen (secondary N) is 2. The van der Waals surface area contributed by atoms with Gasteiger partial charge in [0.2, 0.25) is 0 Å². The molecule has 224 valence electrons. The molecule has 4 rings (SSSR count). The number of ether oxygens (including phenoxy) is 2. The van der Waals surface area contributed by atoms with Gasteiger partial charge in [-0.05, 0) is 82.3 Å². The van der Waals surface area contributed by atoms with Gasteiger partial charge in [0.05, 0.1) is 0 Å². The first-order valence-electron chi connectivity index (χ1n) is 14.9. The molecule has 43 heavy (non-hydrogen) atoms. The predicted octanol–water partition coefficient (Wildman–Crippen LogP) is 9.87. The van der Waals surface area contributed by atoms with Crippen LogP contribution in [0.2, 0.25) is 0 Å². The van der Waals surface area contributed by atoms with Crippen molar-refractivity contribution >= 4 is 23.6 Å². The maximum absolute atomic E-state index is 12.8. The lowest BCUT2D eigenvalue weighted by molar-refractivity contribution is 0.214. The van der Waals surface area contributed by atoms with E-state index >= 15 is 0 Å². The molecule has 0 fully saturated rings. The molecule has 4 aromatic rings. The summed E-state index contributed by atoms with van der Waals surface area (Å²) in [6.45, 7) is 13.1. The summed E-state index contributed by atoms with van der Waals surface area (Å²) in [5.41, 5.74) is 5.49. The lowest BCUT2D eigenvalue weighted by Gasteiger charge is -2.23. The van der Waals surface area contributed by atoms with Crippen LogP contribution in [0.1, 0.15) is 76.6 Å². The quantitative estimate of drug-likeness (QED) is 0.196. The second kappa shape index (κ2) is 13.6. The zero-order chi connectivity index (χ0) is 31.0. The summed E-state index contributed by atoms with van der Waals surface area (Å²) < 4.78 is 11.1. The Balaban J connectivity index is 1.41. The fraction of sp³-hybridized carbons (Fsp3) is 0.297. The topological polar surface area (TPSA) is 76.7 Å². The summed E-state index contributed by atoms with van der Waals surface area (Å²) >= 11 is 0. The van der Waals surface area contributed by atoms with E-state index < -0.39 is 12.2 Å². The molecule has 0 saturated heterocycles. The van der Waals surface area contributed by atoms with Crippen molar-refractivity contribution < 1.29 is 19.1 Å². The molecule has 0 aromatic heterocycles. The standard InChI is InChI=1S/C37H42N2O4/c1-7-36(3,4)28-17-21-30(22-18-28)42-34(40)38-32-15-11-9-13-26(32)25-27-14-10-12-16-33(27)39-35(41)43-31-23-19-29(20-24-31)37(5,6)8-2/h9-24H,7-8,25H2,1-6H3,(H,38,40)(H,39,41). The number of rotatable bonds is 10. The van der Waals surface area contributed by atoms with E-state index in [0.717, 1.165) is 24.0 Å². The van der Waals surface area contributed by atoms with E-state index in [0.29, 0.717) is 29.3 Å². The van der Waals surface area contributed by atoms with Crippen molar-refractivity contribution in [2.45, 2.75) is 71.6 Å². The van der Waals surface area contributed by atoms with Crippen molar-refractivity contribution in [3.05, 3.63) is 119 Å². The average Bonchev–Trinajstić information content (AvgIpc) is 2.99. The molecular formula is C37H42N2O4. The smallest absolute Gasteiger partial charge is 0.410 e. The van der Waals surface area contributed by atoms with E-state index in [1.165, 1.54) is 11.1 Å². The van der Waals surface area contributed by atoms with Crippen LogP contribution in [0, 0.1) is 0 Å². The van der Waals surface area contributed by atoms with Crippen molar-refractivity contribution in [3.8, 4) is 11.5 Å². The number of amides is 2. The van der Waals surface area contributed by atoms with E-state index in [1.54, 1.807) is 0 Å². The summed E-state index contributed by atoms with van der Waals surface area (Å²) in [5, 5.41) is 5.75. The minimum absolute atomic E-state index is 0.0545. The van der Waals surface area contributed by atoms with E-state index in [-0.39, 0.29) is 10.8 Å². The predicted molar refractivity (Wildman–Crippen MR) is 175 cm³/mol. The second-order valence-electron chi connectivity index (χ2n) is 12.0. The SMILES string of the molecule is CCC(C)(C)c1ccc(OC(=O)Nc2ccccc2Cc2ccccc2NC(=O)Oc2ccc(C(C)(C)CC)cc2)cc1. The Morgan fingerprint density at radius 1 is 0.558 bits per heavy atom. The van der Waals surface area contributed by atoms with Crippen molar-refractivity contribution in [2.75, 3.05) is 10.6 Å². The van der Waals surface area contributed by atoms with Crippen LogP contribution in [0.4, 0.5) is 21.0 Å². The lowest BCUT2D eigenvalue weighted by atomic mass is 9.82. The molecule has 0 unspecified atom stereocenters. The van der Waals surface area contributed by atoms with Gasteiger partial charge < -0.3 is 9.47 Å². The molecule has 0 heterocycles. The molecule has 4 aromatic carbocycles. The Morgan fingerprint density at radius 2 is 0.907 bits per heavy atom. The summed E-state index contributed by atoms with van der Waals surface area (Å²) in [6.07, 6.45) is 1.34. The van der Waals surface area contributed by atoms with Gasteiger partial charge in [-0.1, -0.05) is 102 Å². The van der Waals surface area contributed by atoms with Gasteiger partial charge in [-0.2, -0.15) is 0 Å². The Bertz CT molecular complexity index is 1420. The fourth-order valence-electron chi connectivity index (χ4n) is 4.64. The number of hydrogen-bond donors (Lipinski definition) is 2. The Morgan fingerprint density at radius 3 is 1.26 bits per heavy atom. The highest BCUT2D eigenvalue weighted by Crippen LogP contribution is 2.30. The van der Waals surface area contributed by atoms with E-state index in [4.69, 9.17) is 9.47 Å². The van der Waals surface area contributed by atoms with Gasteiger partial charge in [-0.25, -0.2) is 9.59 Å². The minimum atomic E-state index is -0.571. The minimum Gasteiger partial charge on any atom is -0.410 e. The highest BCUT2D eigenvalue weighted by Gasteiger charge is 2.19. The zero-order valence-electron chi connectivity index (χ0n) is 26.0. The number of carbonyl (C=O) groups is 2. The summed E-state index contributed by atoms with van der Waals surface area (Å²) in [4.78, 5) is 25.6. The van der Waals surface area contributed by atoms with E-state index in [9.17, 15) is 9.59 Å². The number of carbonyl (C=O) groups excluding carboxylic acids is 2. The molecule has 0 aliphatic heterocycles. The van der Waals surface area contributed by atoms with Gasteiger partial charge in [0.1, 0.15) is 11.5 Å². The van der Waals surface area contributed by atoms with Crippen molar-refractivity contribution in [1.29, 1.82) is 0 Å². The van der Waals surface area contributed by atoms with E-state index in [1.807, 2.05) is 97.1 Å². The highest BCUT2D eigenvalue weighted by molar-refractivity contribution is 5.89. The van der Waals surface area contributed by atoms with E-state index in [2.05, 4.69) is 52.2 Å². The molecule has 0 spiro atoms. The first-order chi connectivity index (χ1) is 20.5. The van der Waals surface area contributed by atoms with Crippen molar-refractivity contribution in [2.24, 2.45) is 0 Å². The maximum Gasteiger partial charge on any atom is 0.417 e. The third-order valence-corrected chi connectivity index (χ3v) is 8.35. The van der Waals surface area contributed by atoms with Crippen LogP contribution in [0.5, 0.6) is 11.5 Å². The van der Waals surface area contributed by atoms with Gasteiger partial charge in [0.25, 0.3) is 0 Å². The summed E-state index contributed by atoms with van der Waals surface area (Å²) in [5.74, 6) is 0.949. The van der Waals surface area contributed by atoms with Crippen LogP contribution in [0.3, 0.4) is 0 Å². The average molecular weight is 579 g/mol. The molecule has 2 N–H and O–H groups in total. The molecule has 0 saturated carbocycles. The first-order valence-corrected chi connectivity index (χ1v) is 14.9. The zero-order valence-corrected chi connectivity index (χ0v) is 26.0. The summed E-state index contributed by atoms with van der Waals surface area (Å²) in [7, 11) is 0. The molecule has 0 aliphatic carbocycles. The molecule has 2 amide bonds. The van der Waals surface area contributed by atoms with Gasteiger partial charge in [-0.3, -0.25) is 10.6 Å².